The van der Waals surface area contributed by atoms with Crippen LogP contribution in [0.1, 0.15) is 43.7 Å². The molecule has 0 saturated carbocycles. The molecule has 0 aromatic heterocycles. The Labute approximate surface area is 220 Å². The molecule has 4 heterocycles. The van der Waals surface area contributed by atoms with Crippen molar-refractivity contribution in [3.63, 3.8) is 0 Å². The molecular weight excluding hydrogens is 488 g/mol. The minimum absolute atomic E-state index is 0.0736. The van der Waals surface area contributed by atoms with Crippen molar-refractivity contribution in [1.29, 1.82) is 0 Å². The molecule has 0 aliphatic carbocycles. The summed E-state index contributed by atoms with van der Waals surface area (Å²) in [6.45, 7) is 3.86. The summed E-state index contributed by atoms with van der Waals surface area (Å²) >= 11 is 0. The van der Waals surface area contributed by atoms with Gasteiger partial charge in [0.2, 0.25) is 0 Å². The lowest BCUT2D eigenvalue weighted by Gasteiger charge is -2.35. The third kappa shape index (κ3) is 3.52. The summed E-state index contributed by atoms with van der Waals surface area (Å²) in [5.74, 6) is -1.60. The fourth-order valence-corrected chi connectivity index (χ4v) is 5.98. The second-order valence-electron chi connectivity index (χ2n) is 10.00. The summed E-state index contributed by atoms with van der Waals surface area (Å²) in [5, 5.41) is 11.7. The molecule has 2 fully saturated rings. The highest BCUT2D eigenvalue weighted by Gasteiger charge is 2.67. The Morgan fingerprint density at radius 3 is 2.61 bits per heavy atom. The molecule has 9 nitrogen and oxygen atoms in total. The summed E-state index contributed by atoms with van der Waals surface area (Å²) in [5.41, 5.74) is -0.604. The molecule has 6 rings (SSSR count). The molecule has 38 heavy (non-hydrogen) atoms. The van der Waals surface area contributed by atoms with E-state index in [-0.39, 0.29) is 23.8 Å². The van der Waals surface area contributed by atoms with Crippen molar-refractivity contribution < 1.29 is 33.7 Å². The first-order valence-corrected chi connectivity index (χ1v) is 13.2. The highest BCUT2D eigenvalue weighted by atomic mass is 16.6. The van der Waals surface area contributed by atoms with E-state index in [1.165, 1.54) is 4.90 Å². The van der Waals surface area contributed by atoms with Gasteiger partial charge in [-0.15, -0.1) is 0 Å². The first kappa shape index (κ1) is 24.5. The zero-order valence-electron chi connectivity index (χ0n) is 21.3. The van der Waals surface area contributed by atoms with Crippen LogP contribution in [0.5, 0.6) is 11.5 Å². The Morgan fingerprint density at radius 2 is 1.84 bits per heavy atom. The second-order valence-corrected chi connectivity index (χ2v) is 10.00. The average molecular weight is 519 g/mol. The monoisotopic (exact) mass is 518 g/mol. The predicted molar refractivity (Wildman–Crippen MR) is 138 cm³/mol. The number of ether oxygens (including phenoxy) is 3. The van der Waals surface area contributed by atoms with E-state index >= 15 is 0 Å². The molecule has 1 spiro atoms. The number of nitrogens with zero attached hydrogens (tertiary/aromatic N) is 2. The molecule has 2 amide bonds. The topological polar surface area (TPSA) is 106 Å². The number of anilines is 1. The van der Waals surface area contributed by atoms with Gasteiger partial charge in [-0.1, -0.05) is 31.5 Å². The summed E-state index contributed by atoms with van der Waals surface area (Å²) in [6.07, 6.45) is 2.87. The number of amides is 2. The lowest BCUT2D eigenvalue weighted by atomic mass is 9.81. The number of hydrogen-bond acceptors (Lipinski definition) is 7. The highest BCUT2D eigenvalue weighted by molar-refractivity contribution is 6.50. The second kappa shape index (κ2) is 9.47. The fourth-order valence-electron chi connectivity index (χ4n) is 5.98. The maximum atomic E-state index is 14.5. The van der Waals surface area contributed by atoms with E-state index in [0.29, 0.717) is 49.1 Å². The number of carbonyl (C=O) groups is 3. The molecule has 2 atom stereocenters. The lowest BCUT2D eigenvalue weighted by Crippen LogP contribution is -2.54. The highest BCUT2D eigenvalue weighted by Crippen LogP contribution is 2.54. The van der Waals surface area contributed by atoms with E-state index in [2.05, 4.69) is 0 Å². The third-order valence-electron chi connectivity index (χ3n) is 7.77. The number of ketones is 1. The van der Waals surface area contributed by atoms with E-state index in [0.717, 1.165) is 25.7 Å². The van der Waals surface area contributed by atoms with Crippen molar-refractivity contribution in [1.82, 2.24) is 4.90 Å². The number of rotatable bonds is 6. The Morgan fingerprint density at radius 1 is 1.05 bits per heavy atom. The van der Waals surface area contributed by atoms with E-state index in [1.54, 1.807) is 35.2 Å². The molecule has 2 aromatic carbocycles. The number of aliphatic hydroxyl groups is 1. The van der Waals surface area contributed by atoms with Crippen LogP contribution in [0, 0.1) is 0 Å². The number of hydrogen-bond donors (Lipinski definition) is 1. The number of aliphatic hydroxyl groups excluding tert-OH is 1. The number of fused-ring (bicyclic) bond motifs is 3. The SMILES string of the molecule is CCCCN1C(=O)[C@@]2(C(=C(O)c3ccc4c(c3)OCCO4)C(=O)C(=O)N2C[C@@H]2CCCO2)c2ccccc21. The maximum absolute atomic E-state index is 14.5. The molecule has 9 heteroatoms. The minimum atomic E-state index is -1.79. The molecule has 2 saturated heterocycles. The largest absolute Gasteiger partial charge is 0.507 e. The molecule has 4 aliphatic heterocycles. The number of unbranched alkanes of at least 4 members (excludes halogenated alkanes) is 1. The van der Waals surface area contributed by atoms with E-state index < -0.39 is 28.9 Å². The first-order chi connectivity index (χ1) is 18.5. The standard InChI is InChI=1S/C29H30N2O7/c1-2-3-12-30-21-9-5-4-8-20(21)29(28(30)35)24(26(33)27(34)31(29)17-19-7-6-13-36-19)25(32)18-10-11-22-23(16-18)38-15-14-37-22/h4-5,8-11,16,19,32H,2-3,6-7,12-15,17H2,1H3/t19-,29-/m0/s1. The van der Waals surface area contributed by atoms with Gasteiger partial charge < -0.3 is 29.1 Å². The summed E-state index contributed by atoms with van der Waals surface area (Å²) in [7, 11) is 0. The predicted octanol–water partition coefficient (Wildman–Crippen LogP) is 3.36. The summed E-state index contributed by atoms with van der Waals surface area (Å²) in [6, 6.07) is 12.0. The van der Waals surface area contributed by atoms with Crippen LogP contribution in [0.3, 0.4) is 0 Å². The first-order valence-electron chi connectivity index (χ1n) is 13.2. The normalized spacial score (nSPS) is 25.5. The van der Waals surface area contributed by atoms with Crippen LogP contribution in [0.15, 0.2) is 48.0 Å². The molecule has 0 unspecified atom stereocenters. The quantitative estimate of drug-likeness (QED) is 0.355. The number of Topliss-reactive ketones (excluding diaryl/α,β-unsaturated/α-hetero) is 1. The molecule has 4 aliphatic rings. The van der Waals surface area contributed by atoms with Gasteiger partial charge in [0.05, 0.1) is 17.4 Å². The number of carbonyl (C=O) groups excluding carboxylic acids is 3. The Kier molecular flexibility index (Phi) is 6.10. The zero-order valence-corrected chi connectivity index (χ0v) is 21.3. The molecule has 0 bridgehead atoms. The van der Waals surface area contributed by atoms with Crippen LogP contribution in [0.4, 0.5) is 5.69 Å². The van der Waals surface area contributed by atoms with Gasteiger partial charge in [-0.3, -0.25) is 14.4 Å². The number of para-hydroxylation sites is 1. The maximum Gasteiger partial charge on any atom is 0.296 e. The van der Waals surface area contributed by atoms with Crippen LogP contribution in [0.25, 0.3) is 5.76 Å². The van der Waals surface area contributed by atoms with Gasteiger partial charge in [-0.05, 0) is 43.5 Å². The smallest absolute Gasteiger partial charge is 0.296 e. The van der Waals surface area contributed by atoms with Gasteiger partial charge in [-0.2, -0.15) is 0 Å². The van der Waals surface area contributed by atoms with Crippen LogP contribution in [-0.2, 0) is 24.7 Å². The van der Waals surface area contributed by atoms with Crippen molar-refractivity contribution in [3.05, 3.63) is 59.2 Å². The Bertz CT molecular complexity index is 1350. The van der Waals surface area contributed by atoms with Gasteiger partial charge >= 0.3 is 0 Å². The van der Waals surface area contributed by atoms with Crippen LogP contribution in [0.2, 0.25) is 0 Å². The number of likely N-dealkylation sites (tertiary alicyclic amines) is 1. The molecule has 2 aromatic rings. The fraction of sp³-hybridized carbons (Fsp3) is 0.414. The van der Waals surface area contributed by atoms with E-state index in [9.17, 15) is 19.5 Å². The summed E-state index contributed by atoms with van der Waals surface area (Å²) in [4.78, 5) is 44.9. The lowest BCUT2D eigenvalue weighted by molar-refractivity contribution is -0.145. The molecular formula is C29H30N2O7. The molecule has 1 N–H and O–H groups in total. The number of benzene rings is 2. The van der Waals surface area contributed by atoms with E-state index in [4.69, 9.17) is 14.2 Å². The summed E-state index contributed by atoms with van der Waals surface area (Å²) < 4.78 is 17.1. The van der Waals surface area contributed by atoms with E-state index in [1.807, 2.05) is 19.1 Å². The van der Waals surface area contributed by atoms with Gasteiger partial charge in [0.25, 0.3) is 17.6 Å². The van der Waals surface area contributed by atoms with Crippen LogP contribution >= 0.6 is 0 Å². The van der Waals surface area contributed by atoms with Gasteiger partial charge in [0.15, 0.2) is 17.0 Å². The van der Waals surface area contributed by atoms with Crippen molar-refractivity contribution in [2.75, 3.05) is 37.8 Å². The zero-order chi connectivity index (χ0) is 26.4. The Balaban J connectivity index is 1.58. The minimum Gasteiger partial charge on any atom is -0.507 e. The van der Waals surface area contributed by atoms with Gasteiger partial charge in [0.1, 0.15) is 19.0 Å². The average Bonchev–Trinajstić information content (AvgIpc) is 3.60. The molecule has 198 valence electrons. The van der Waals surface area contributed by atoms with Crippen LogP contribution in [-0.4, -0.2) is 66.6 Å². The van der Waals surface area contributed by atoms with Crippen molar-refractivity contribution in [3.8, 4) is 11.5 Å². The van der Waals surface area contributed by atoms with Crippen molar-refractivity contribution >= 4 is 29.0 Å². The van der Waals surface area contributed by atoms with Gasteiger partial charge in [-0.25, -0.2) is 0 Å². The molecule has 0 radical (unpaired) electrons. The third-order valence-corrected chi connectivity index (χ3v) is 7.77. The van der Waals surface area contributed by atoms with Crippen LogP contribution < -0.4 is 14.4 Å². The Hall–Kier alpha value is -3.85. The van der Waals surface area contributed by atoms with Crippen molar-refractivity contribution in [2.45, 2.75) is 44.2 Å². The van der Waals surface area contributed by atoms with Gasteiger partial charge in [0, 0.05) is 30.8 Å². The van der Waals surface area contributed by atoms with Crippen molar-refractivity contribution in [2.24, 2.45) is 0 Å².